The second-order valence-electron chi connectivity index (χ2n) is 6.96. The monoisotopic (exact) mass is 279 g/mol. The fourth-order valence-electron chi connectivity index (χ4n) is 4.27. The van der Waals surface area contributed by atoms with Crippen molar-refractivity contribution in [3.05, 3.63) is 0 Å². The van der Waals surface area contributed by atoms with Crippen molar-refractivity contribution < 1.29 is 4.79 Å². The van der Waals surface area contributed by atoms with Gasteiger partial charge in [0.1, 0.15) is 0 Å². The molecule has 3 fully saturated rings. The van der Waals surface area contributed by atoms with Gasteiger partial charge >= 0.3 is 0 Å². The van der Waals surface area contributed by atoms with Gasteiger partial charge in [-0.25, -0.2) is 0 Å². The minimum atomic E-state index is 0.206. The summed E-state index contributed by atoms with van der Waals surface area (Å²) < 4.78 is 0. The fourth-order valence-corrected chi connectivity index (χ4v) is 4.27. The Morgan fingerprint density at radius 1 is 1.00 bits per heavy atom. The predicted molar refractivity (Wildman–Crippen MR) is 80.3 cm³/mol. The molecule has 1 aliphatic carbocycles. The van der Waals surface area contributed by atoms with E-state index in [0.29, 0.717) is 11.9 Å². The first-order valence-electron chi connectivity index (χ1n) is 8.52. The zero-order valence-corrected chi connectivity index (χ0v) is 12.6. The molecule has 2 N–H and O–H groups in total. The second-order valence-corrected chi connectivity index (χ2v) is 6.96. The number of carbonyl (C=O) groups is 1. The van der Waals surface area contributed by atoms with Crippen LogP contribution >= 0.6 is 0 Å². The third-order valence-corrected chi connectivity index (χ3v) is 5.39. The predicted octanol–water partition coefficient (Wildman–Crippen LogP) is 1.59. The lowest BCUT2D eigenvalue weighted by Crippen LogP contribution is -2.46. The summed E-state index contributed by atoms with van der Waals surface area (Å²) in [6, 6.07) is 0.719. The largest absolute Gasteiger partial charge is 0.338 e. The van der Waals surface area contributed by atoms with Crippen LogP contribution in [-0.4, -0.2) is 54.0 Å². The molecule has 3 unspecified atom stereocenters. The number of amides is 1. The van der Waals surface area contributed by atoms with E-state index in [2.05, 4.69) is 9.80 Å². The smallest absolute Gasteiger partial charge is 0.226 e. The van der Waals surface area contributed by atoms with Crippen molar-refractivity contribution in [2.24, 2.45) is 11.7 Å². The van der Waals surface area contributed by atoms with Crippen LogP contribution in [0.3, 0.4) is 0 Å². The molecule has 0 aromatic carbocycles. The fraction of sp³-hybridized carbons (Fsp3) is 0.938. The molecule has 2 aliphatic heterocycles. The molecule has 4 nitrogen and oxygen atoms in total. The summed E-state index contributed by atoms with van der Waals surface area (Å²) >= 11 is 0. The summed E-state index contributed by atoms with van der Waals surface area (Å²) in [5.74, 6) is 0.611. The topological polar surface area (TPSA) is 49.6 Å². The van der Waals surface area contributed by atoms with Gasteiger partial charge in [0.2, 0.25) is 5.91 Å². The van der Waals surface area contributed by atoms with E-state index in [1.165, 1.54) is 38.8 Å². The Balaban J connectivity index is 1.57. The zero-order valence-electron chi connectivity index (χ0n) is 12.6. The van der Waals surface area contributed by atoms with Crippen molar-refractivity contribution in [3.63, 3.8) is 0 Å². The lowest BCUT2D eigenvalue weighted by atomic mass is 9.85. The van der Waals surface area contributed by atoms with Crippen LogP contribution in [0.2, 0.25) is 0 Å². The van der Waals surface area contributed by atoms with Crippen LogP contribution in [-0.2, 0) is 4.79 Å². The third-order valence-electron chi connectivity index (χ3n) is 5.39. The highest BCUT2D eigenvalue weighted by Crippen LogP contribution is 2.29. The van der Waals surface area contributed by atoms with Gasteiger partial charge in [-0.1, -0.05) is 6.42 Å². The average Bonchev–Trinajstić information content (AvgIpc) is 3.10. The van der Waals surface area contributed by atoms with Crippen LogP contribution in [0.15, 0.2) is 0 Å². The Bertz CT molecular complexity index is 341. The van der Waals surface area contributed by atoms with E-state index in [1.54, 1.807) is 0 Å². The third kappa shape index (κ3) is 3.17. The van der Waals surface area contributed by atoms with Gasteiger partial charge in [0.25, 0.3) is 0 Å². The van der Waals surface area contributed by atoms with Crippen LogP contribution in [0.5, 0.6) is 0 Å². The van der Waals surface area contributed by atoms with Gasteiger partial charge in [-0.2, -0.15) is 0 Å². The maximum atomic E-state index is 12.8. The molecule has 2 heterocycles. The lowest BCUT2D eigenvalue weighted by Gasteiger charge is -2.34. The molecule has 4 heteroatoms. The first-order chi connectivity index (χ1) is 9.74. The quantitative estimate of drug-likeness (QED) is 0.853. The molecular formula is C16H29N3O. The van der Waals surface area contributed by atoms with Gasteiger partial charge in [0.05, 0.1) is 0 Å². The number of carbonyl (C=O) groups excluding carboxylic acids is 1. The molecular weight excluding hydrogens is 250 g/mol. The van der Waals surface area contributed by atoms with E-state index in [0.717, 1.165) is 38.8 Å². The molecule has 114 valence electrons. The van der Waals surface area contributed by atoms with Crippen LogP contribution in [0, 0.1) is 5.92 Å². The van der Waals surface area contributed by atoms with Crippen molar-refractivity contribution in [2.45, 2.75) is 63.5 Å². The number of likely N-dealkylation sites (tertiary alicyclic amines) is 2. The highest BCUT2D eigenvalue weighted by molar-refractivity contribution is 5.79. The highest BCUT2D eigenvalue weighted by Gasteiger charge is 2.35. The molecule has 0 bridgehead atoms. The summed E-state index contributed by atoms with van der Waals surface area (Å²) in [5.41, 5.74) is 6.05. The summed E-state index contributed by atoms with van der Waals surface area (Å²) in [5, 5.41) is 0. The first kappa shape index (κ1) is 14.3. The number of nitrogens with zero attached hydrogens (tertiary/aromatic N) is 2. The Hall–Kier alpha value is -0.610. The van der Waals surface area contributed by atoms with Crippen molar-refractivity contribution in [1.29, 1.82) is 0 Å². The highest BCUT2D eigenvalue weighted by atomic mass is 16.2. The van der Waals surface area contributed by atoms with Crippen LogP contribution in [0.1, 0.15) is 51.4 Å². The van der Waals surface area contributed by atoms with Crippen molar-refractivity contribution in [1.82, 2.24) is 9.80 Å². The molecule has 2 saturated heterocycles. The minimum absolute atomic E-state index is 0.206. The summed E-state index contributed by atoms with van der Waals surface area (Å²) in [6.07, 6.45) is 9.23. The van der Waals surface area contributed by atoms with Crippen LogP contribution < -0.4 is 5.73 Å². The molecule has 20 heavy (non-hydrogen) atoms. The Morgan fingerprint density at radius 3 is 2.55 bits per heavy atom. The van der Waals surface area contributed by atoms with Gasteiger partial charge in [0.15, 0.2) is 0 Å². The Kier molecular flexibility index (Phi) is 4.61. The maximum absolute atomic E-state index is 12.8. The molecule has 0 spiro atoms. The van der Waals surface area contributed by atoms with Gasteiger partial charge < -0.3 is 15.5 Å². The van der Waals surface area contributed by atoms with E-state index in [4.69, 9.17) is 5.73 Å². The summed E-state index contributed by atoms with van der Waals surface area (Å²) in [4.78, 5) is 17.5. The maximum Gasteiger partial charge on any atom is 0.226 e. The van der Waals surface area contributed by atoms with E-state index < -0.39 is 0 Å². The average molecular weight is 279 g/mol. The first-order valence-corrected chi connectivity index (χ1v) is 8.52. The van der Waals surface area contributed by atoms with Crippen molar-refractivity contribution in [3.8, 4) is 0 Å². The SMILES string of the molecule is NC1CCCC(C(=O)N2CCCC2CN2CCCC2)C1. The van der Waals surface area contributed by atoms with E-state index >= 15 is 0 Å². The molecule has 1 saturated carbocycles. The number of hydrogen-bond acceptors (Lipinski definition) is 3. The molecule has 1 amide bonds. The standard InChI is InChI=1S/C16H29N3O/c17-14-6-3-5-13(11-14)16(20)19-10-4-7-15(19)12-18-8-1-2-9-18/h13-15H,1-12,17H2. The van der Waals surface area contributed by atoms with Gasteiger partial charge in [-0.05, 0) is 58.0 Å². The summed E-state index contributed by atoms with van der Waals surface area (Å²) in [6.45, 7) is 4.53. The number of nitrogens with two attached hydrogens (primary N) is 1. The lowest BCUT2D eigenvalue weighted by molar-refractivity contribution is -0.137. The normalized spacial score (nSPS) is 35.6. The Labute approximate surface area is 122 Å². The van der Waals surface area contributed by atoms with Crippen LogP contribution in [0.4, 0.5) is 0 Å². The molecule has 3 rings (SSSR count). The molecule has 3 atom stereocenters. The van der Waals surface area contributed by atoms with Gasteiger partial charge in [0, 0.05) is 31.1 Å². The van der Waals surface area contributed by atoms with Crippen LogP contribution in [0.25, 0.3) is 0 Å². The van der Waals surface area contributed by atoms with E-state index in [9.17, 15) is 4.79 Å². The molecule has 3 aliphatic rings. The summed E-state index contributed by atoms with van der Waals surface area (Å²) in [7, 11) is 0. The number of hydrogen-bond donors (Lipinski definition) is 1. The van der Waals surface area contributed by atoms with Gasteiger partial charge in [-0.3, -0.25) is 4.79 Å². The Morgan fingerprint density at radius 2 is 1.80 bits per heavy atom. The number of rotatable bonds is 3. The molecule has 0 aromatic rings. The van der Waals surface area contributed by atoms with Crippen molar-refractivity contribution >= 4 is 5.91 Å². The van der Waals surface area contributed by atoms with E-state index in [1.807, 2.05) is 0 Å². The zero-order chi connectivity index (χ0) is 13.9. The molecule has 0 radical (unpaired) electrons. The second kappa shape index (κ2) is 6.44. The van der Waals surface area contributed by atoms with Crippen molar-refractivity contribution in [2.75, 3.05) is 26.2 Å². The van der Waals surface area contributed by atoms with Gasteiger partial charge in [-0.15, -0.1) is 0 Å². The van der Waals surface area contributed by atoms with E-state index in [-0.39, 0.29) is 12.0 Å². The molecule has 0 aromatic heterocycles. The minimum Gasteiger partial charge on any atom is -0.338 e.